The Kier molecular flexibility index (Phi) is 6.89. The highest BCUT2D eigenvalue weighted by Gasteiger charge is 2.25. The molecule has 0 fully saturated rings. The van der Waals surface area contributed by atoms with Gasteiger partial charge in [0.1, 0.15) is 5.44 Å². The maximum Gasteiger partial charge on any atom is 0.303 e. The van der Waals surface area contributed by atoms with Gasteiger partial charge in [0.05, 0.1) is 0 Å². The Morgan fingerprint density at radius 2 is 2.13 bits per heavy atom. The van der Waals surface area contributed by atoms with Gasteiger partial charge in [-0.15, -0.1) is 11.8 Å². The number of halogens is 2. The largest absolute Gasteiger partial charge is 0.452 e. The summed E-state index contributed by atoms with van der Waals surface area (Å²) in [5, 5.41) is 0. The Balaban J connectivity index is 3.50. The summed E-state index contributed by atoms with van der Waals surface area (Å²) in [4.78, 5) is 10.5. The van der Waals surface area contributed by atoms with Crippen molar-refractivity contribution in [3.05, 3.63) is 0 Å². The zero-order chi connectivity index (χ0) is 11.9. The molecule has 90 valence electrons. The van der Waals surface area contributed by atoms with Crippen LogP contribution in [-0.4, -0.2) is 23.1 Å². The molecule has 15 heavy (non-hydrogen) atoms. The summed E-state index contributed by atoms with van der Waals surface area (Å²) in [5.41, 5.74) is -0.252. The minimum absolute atomic E-state index is 0.0940. The molecule has 0 aromatic rings. The molecule has 0 saturated carbocycles. The van der Waals surface area contributed by atoms with Crippen LogP contribution in [0.5, 0.6) is 0 Å². The van der Waals surface area contributed by atoms with Crippen molar-refractivity contribution in [2.75, 3.05) is 5.75 Å². The van der Waals surface area contributed by atoms with E-state index in [4.69, 9.17) is 4.74 Å². The third-order valence-electron chi connectivity index (χ3n) is 1.89. The summed E-state index contributed by atoms with van der Waals surface area (Å²) in [7, 11) is 0. The van der Waals surface area contributed by atoms with E-state index >= 15 is 0 Å². The van der Waals surface area contributed by atoms with Gasteiger partial charge in [0.25, 0.3) is 0 Å². The molecule has 0 aromatic heterocycles. The summed E-state index contributed by atoms with van der Waals surface area (Å²) in [5.74, 6) is -2.30. The van der Waals surface area contributed by atoms with Crippen LogP contribution >= 0.6 is 11.8 Å². The van der Waals surface area contributed by atoms with Gasteiger partial charge in [0.2, 0.25) is 5.92 Å². The van der Waals surface area contributed by atoms with E-state index in [9.17, 15) is 13.6 Å². The van der Waals surface area contributed by atoms with Crippen molar-refractivity contribution in [3.8, 4) is 0 Å². The van der Waals surface area contributed by atoms with Gasteiger partial charge in [-0.25, -0.2) is 8.78 Å². The zero-order valence-corrected chi connectivity index (χ0v) is 10.2. The van der Waals surface area contributed by atoms with Crippen molar-refractivity contribution >= 4 is 17.7 Å². The second-order valence-corrected chi connectivity index (χ2v) is 4.77. The maximum absolute atomic E-state index is 12.8. The van der Waals surface area contributed by atoms with Gasteiger partial charge >= 0.3 is 5.97 Å². The highest BCUT2D eigenvalue weighted by Crippen LogP contribution is 2.25. The van der Waals surface area contributed by atoms with Crippen LogP contribution in [-0.2, 0) is 9.53 Å². The number of hydrogen-bond donors (Lipinski definition) is 0. The van der Waals surface area contributed by atoms with Crippen LogP contribution in [0.3, 0.4) is 0 Å². The topological polar surface area (TPSA) is 26.3 Å². The van der Waals surface area contributed by atoms with Gasteiger partial charge in [-0.3, -0.25) is 4.79 Å². The van der Waals surface area contributed by atoms with Crippen molar-refractivity contribution in [2.45, 2.75) is 51.4 Å². The predicted molar refractivity (Wildman–Crippen MR) is 58.2 cm³/mol. The first-order valence-electron chi connectivity index (χ1n) is 5.04. The fourth-order valence-corrected chi connectivity index (χ4v) is 1.87. The van der Waals surface area contributed by atoms with Crippen molar-refractivity contribution < 1.29 is 18.3 Å². The molecule has 0 N–H and O–H groups in total. The van der Waals surface area contributed by atoms with Gasteiger partial charge in [-0.05, 0) is 19.1 Å². The molecule has 0 aromatic carbocycles. The lowest BCUT2D eigenvalue weighted by Crippen LogP contribution is -2.15. The minimum Gasteiger partial charge on any atom is -0.452 e. The molecule has 0 amide bonds. The molecule has 0 spiro atoms. The van der Waals surface area contributed by atoms with Gasteiger partial charge in [-0.2, -0.15) is 0 Å². The average molecular weight is 240 g/mol. The van der Waals surface area contributed by atoms with E-state index in [1.165, 1.54) is 25.6 Å². The molecule has 0 radical (unpaired) electrons. The maximum atomic E-state index is 12.8. The summed E-state index contributed by atoms with van der Waals surface area (Å²) in [6.07, 6.45) is 0.234. The first-order valence-corrected chi connectivity index (χ1v) is 6.09. The third-order valence-corrected chi connectivity index (χ3v) is 2.98. The first-order chi connectivity index (χ1) is 6.87. The molecule has 0 aliphatic carbocycles. The van der Waals surface area contributed by atoms with Crippen LogP contribution in [0.15, 0.2) is 0 Å². The third kappa shape index (κ3) is 8.66. The molecule has 0 heterocycles. The van der Waals surface area contributed by atoms with Gasteiger partial charge in [0, 0.05) is 19.8 Å². The molecule has 0 rings (SSSR count). The molecule has 0 aliphatic heterocycles. The highest BCUT2D eigenvalue weighted by atomic mass is 32.2. The number of thioether (sulfide) groups is 1. The van der Waals surface area contributed by atoms with E-state index in [0.29, 0.717) is 12.2 Å². The van der Waals surface area contributed by atoms with Crippen LogP contribution in [0.4, 0.5) is 8.78 Å². The summed E-state index contributed by atoms with van der Waals surface area (Å²) < 4.78 is 30.4. The predicted octanol–water partition coefficient (Wildman–Crippen LogP) is 3.45. The van der Waals surface area contributed by atoms with Crippen molar-refractivity contribution in [1.29, 1.82) is 0 Å². The van der Waals surface area contributed by atoms with Crippen molar-refractivity contribution in [3.63, 3.8) is 0 Å². The average Bonchev–Trinajstić information content (AvgIpc) is 2.11. The second kappa shape index (κ2) is 7.04. The monoisotopic (exact) mass is 240 g/mol. The van der Waals surface area contributed by atoms with Crippen molar-refractivity contribution in [2.24, 2.45) is 0 Å². The number of alkyl halides is 2. The quantitative estimate of drug-likeness (QED) is 0.387. The lowest BCUT2D eigenvalue weighted by Gasteiger charge is -2.14. The van der Waals surface area contributed by atoms with E-state index in [0.717, 1.165) is 0 Å². The van der Waals surface area contributed by atoms with E-state index in [1.54, 1.807) is 6.92 Å². The van der Waals surface area contributed by atoms with Gasteiger partial charge in [-0.1, -0.05) is 6.92 Å². The Labute approximate surface area is 93.8 Å². The van der Waals surface area contributed by atoms with Gasteiger partial charge < -0.3 is 4.74 Å². The number of hydrogen-bond acceptors (Lipinski definition) is 3. The molecule has 0 bridgehead atoms. The lowest BCUT2D eigenvalue weighted by molar-refractivity contribution is -0.141. The standard InChI is InChI=1S/C10H18F2O2S/c1-4-10(11,12)6-5-7-15-9(3)14-8(2)13/h9H,4-7H2,1-3H3. The van der Waals surface area contributed by atoms with Crippen LogP contribution in [0, 0.1) is 0 Å². The normalized spacial score (nSPS) is 13.7. The molecule has 2 nitrogen and oxygen atoms in total. The first kappa shape index (κ1) is 14.7. The summed E-state index contributed by atoms with van der Waals surface area (Å²) >= 11 is 1.38. The van der Waals surface area contributed by atoms with Crippen molar-refractivity contribution in [1.82, 2.24) is 0 Å². The number of carbonyl (C=O) groups is 1. The molecule has 1 atom stereocenters. The van der Waals surface area contributed by atoms with E-state index in [-0.39, 0.29) is 24.2 Å². The van der Waals surface area contributed by atoms with E-state index < -0.39 is 5.92 Å². The lowest BCUT2D eigenvalue weighted by atomic mass is 10.1. The van der Waals surface area contributed by atoms with Crippen LogP contribution in [0.1, 0.15) is 40.0 Å². The molecular weight excluding hydrogens is 222 g/mol. The summed E-state index contributed by atoms with van der Waals surface area (Å²) in [6.45, 7) is 4.56. The fourth-order valence-electron chi connectivity index (χ4n) is 1.02. The van der Waals surface area contributed by atoms with Crippen LogP contribution < -0.4 is 0 Å². The summed E-state index contributed by atoms with van der Waals surface area (Å²) in [6, 6.07) is 0. The fraction of sp³-hybridized carbons (Fsp3) is 0.900. The molecule has 1 unspecified atom stereocenters. The minimum atomic E-state index is -2.55. The Hall–Kier alpha value is -0.320. The number of rotatable bonds is 7. The molecule has 5 heteroatoms. The molecule has 0 aliphatic rings. The van der Waals surface area contributed by atoms with E-state index in [2.05, 4.69) is 0 Å². The van der Waals surface area contributed by atoms with Crippen LogP contribution in [0.25, 0.3) is 0 Å². The Bertz CT molecular complexity index is 198. The molecule has 0 saturated heterocycles. The molecular formula is C10H18F2O2S. The van der Waals surface area contributed by atoms with Gasteiger partial charge in [0.15, 0.2) is 0 Å². The number of carbonyl (C=O) groups excluding carboxylic acids is 1. The highest BCUT2D eigenvalue weighted by molar-refractivity contribution is 7.99. The SMILES string of the molecule is CCC(F)(F)CCCSC(C)OC(C)=O. The Morgan fingerprint density at radius 3 is 2.60 bits per heavy atom. The second-order valence-electron chi connectivity index (χ2n) is 3.36. The number of esters is 1. The van der Waals surface area contributed by atoms with E-state index in [1.807, 2.05) is 0 Å². The van der Waals surface area contributed by atoms with Crippen LogP contribution in [0.2, 0.25) is 0 Å². The number of ether oxygens (including phenoxy) is 1. The smallest absolute Gasteiger partial charge is 0.303 e. The Morgan fingerprint density at radius 1 is 1.53 bits per heavy atom. The zero-order valence-electron chi connectivity index (χ0n) is 9.39.